The number of amides is 1. The molecule has 2 rings (SSSR count). The maximum atomic E-state index is 11.9. The van der Waals surface area contributed by atoms with Gasteiger partial charge in [0.1, 0.15) is 0 Å². The summed E-state index contributed by atoms with van der Waals surface area (Å²) in [6, 6.07) is 0.0508. The van der Waals surface area contributed by atoms with Crippen molar-refractivity contribution in [2.75, 3.05) is 6.61 Å². The van der Waals surface area contributed by atoms with Crippen LogP contribution in [0.2, 0.25) is 0 Å². The highest BCUT2D eigenvalue weighted by Crippen LogP contribution is 2.23. The summed E-state index contributed by atoms with van der Waals surface area (Å²) in [5.74, 6) is 1.02. The van der Waals surface area contributed by atoms with Crippen LogP contribution in [0.1, 0.15) is 57.2 Å². The third-order valence-electron chi connectivity index (χ3n) is 3.80. The lowest BCUT2D eigenvalue weighted by Gasteiger charge is -2.30. The summed E-state index contributed by atoms with van der Waals surface area (Å²) in [7, 11) is 0. The van der Waals surface area contributed by atoms with E-state index in [0.717, 1.165) is 25.7 Å². The molecule has 6 nitrogen and oxygen atoms in total. The summed E-state index contributed by atoms with van der Waals surface area (Å²) in [6.45, 7) is 4.05. The van der Waals surface area contributed by atoms with E-state index in [-0.39, 0.29) is 30.4 Å². The average Bonchev–Trinajstić information content (AvgIpc) is 2.95. The molecule has 0 aliphatic heterocycles. The summed E-state index contributed by atoms with van der Waals surface area (Å²) in [5, 5.41) is 20.0. The molecule has 0 saturated heterocycles. The largest absolute Gasteiger partial charge is 0.421 e. The molecule has 1 heterocycles. The van der Waals surface area contributed by atoms with E-state index >= 15 is 0 Å². The van der Waals surface area contributed by atoms with Gasteiger partial charge in [-0.05, 0) is 12.8 Å². The summed E-state index contributed by atoms with van der Waals surface area (Å²) in [6.07, 6.45) is 7.01. The number of aromatic nitrogens is 2. The lowest BCUT2D eigenvalue weighted by Crippen LogP contribution is -2.42. The number of carbonyl (C=O) groups is 1. The Morgan fingerprint density at radius 3 is 2.86 bits per heavy atom. The van der Waals surface area contributed by atoms with E-state index in [2.05, 4.69) is 15.5 Å². The molecule has 2 atom stereocenters. The maximum Gasteiger partial charge on any atom is 0.244 e. The molecular formula is C15H23N3O3. The van der Waals surface area contributed by atoms with Gasteiger partial charge >= 0.3 is 0 Å². The van der Waals surface area contributed by atoms with Crippen LogP contribution in [-0.4, -0.2) is 33.9 Å². The lowest BCUT2D eigenvalue weighted by molar-refractivity contribution is -0.117. The second kappa shape index (κ2) is 7.36. The molecular weight excluding hydrogens is 270 g/mol. The van der Waals surface area contributed by atoms with Crippen LogP contribution in [0.5, 0.6) is 0 Å². The van der Waals surface area contributed by atoms with Gasteiger partial charge in [-0.2, -0.15) is 0 Å². The van der Waals surface area contributed by atoms with Gasteiger partial charge in [-0.15, -0.1) is 10.2 Å². The van der Waals surface area contributed by atoms with Crippen LogP contribution in [0.15, 0.2) is 10.5 Å². The molecule has 1 aliphatic carbocycles. The van der Waals surface area contributed by atoms with Crippen LogP contribution in [0, 0.1) is 5.92 Å². The van der Waals surface area contributed by atoms with Crippen LogP contribution in [-0.2, 0) is 4.79 Å². The maximum absolute atomic E-state index is 11.9. The van der Waals surface area contributed by atoms with Gasteiger partial charge in [0.15, 0.2) is 0 Å². The van der Waals surface area contributed by atoms with Crippen molar-refractivity contribution < 1.29 is 14.3 Å². The zero-order chi connectivity index (χ0) is 15.2. The Labute approximate surface area is 124 Å². The number of nitrogens with zero attached hydrogens (tertiary/aromatic N) is 2. The van der Waals surface area contributed by atoms with Gasteiger partial charge in [0, 0.05) is 36.6 Å². The Bertz CT molecular complexity index is 496. The Morgan fingerprint density at radius 1 is 1.43 bits per heavy atom. The molecule has 1 aromatic heterocycles. The van der Waals surface area contributed by atoms with E-state index in [0.29, 0.717) is 11.8 Å². The zero-order valence-corrected chi connectivity index (χ0v) is 12.6. The van der Waals surface area contributed by atoms with Gasteiger partial charge in [-0.1, -0.05) is 26.7 Å². The summed E-state index contributed by atoms with van der Waals surface area (Å²) in [5.41, 5.74) is 0. The van der Waals surface area contributed by atoms with Gasteiger partial charge in [0.2, 0.25) is 17.7 Å². The van der Waals surface area contributed by atoms with Crippen molar-refractivity contribution in [2.45, 2.75) is 51.5 Å². The quantitative estimate of drug-likeness (QED) is 0.809. The van der Waals surface area contributed by atoms with E-state index in [1.807, 2.05) is 13.8 Å². The fourth-order valence-electron chi connectivity index (χ4n) is 2.54. The van der Waals surface area contributed by atoms with Crippen LogP contribution in [0.25, 0.3) is 6.08 Å². The molecule has 1 aromatic rings. The average molecular weight is 293 g/mol. The minimum Gasteiger partial charge on any atom is -0.421 e. The first-order valence-corrected chi connectivity index (χ1v) is 7.53. The molecule has 21 heavy (non-hydrogen) atoms. The van der Waals surface area contributed by atoms with E-state index in [1.54, 1.807) is 0 Å². The van der Waals surface area contributed by atoms with E-state index in [4.69, 9.17) is 4.42 Å². The standard InChI is InChI=1S/C15H23N3O3/c1-10(2)15-18-17-14(21-15)8-7-13(20)16-12-6-4-3-5-11(12)9-19/h7-8,10-12,19H,3-6,9H2,1-2H3,(H,16,20)/b8-7+. The first-order chi connectivity index (χ1) is 10.1. The molecule has 6 heteroatoms. The molecule has 0 bridgehead atoms. The number of aliphatic hydroxyl groups is 1. The van der Waals surface area contributed by atoms with Gasteiger partial charge in [0.25, 0.3) is 0 Å². The van der Waals surface area contributed by atoms with Crippen LogP contribution >= 0.6 is 0 Å². The molecule has 1 saturated carbocycles. The smallest absolute Gasteiger partial charge is 0.244 e. The lowest BCUT2D eigenvalue weighted by atomic mass is 9.85. The van der Waals surface area contributed by atoms with Crippen molar-refractivity contribution in [1.82, 2.24) is 15.5 Å². The van der Waals surface area contributed by atoms with Gasteiger partial charge in [0.05, 0.1) is 0 Å². The number of hydrogen-bond donors (Lipinski definition) is 2. The van der Waals surface area contributed by atoms with E-state index in [1.165, 1.54) is 12.2 Å². The monoisotopic (exact) mass is 293 g/mol. The second-order valence-electron chi connectivity index (χ2n) is 5.81. The zero-order valence-electron chi connectivity index (χ0n) is 12.6. The van der Waals surface area contributed by atoms with Crippen molar-refractivity contribution in [1.29, 1.82) is 0 Å². The summed E-state index contributed by atoms with van der Waals surface area (Å²) >= 11 is 0. The van der Waals surface area contributed by atoms with Gasteiger partial charge in [-0.25, -0.2) is 0 Å². The molecule has 0 aromatic carbocycles. The Balaban J connectivity index is 1.89. The predicted molar refractivity (Wildman–Crippen MR) is 78.4 cm³/mol. The molecule has 0 radical (unpaired) electrons. The molecule has 1 aliphatic rings. The number of carbonyl (C=O) groups excluding carboxylic acids is 1. The molecule has 116 valence electrons. The van der Waals surface area contributed by atoms with Crippen LogP contribution in [0.3, 0.4) is 0 Å². The van der Waals surface area contributed by atoms with Crippen LogP contribution in [0.4, 0.5) is 0 Å². The minimum absolute atomic E-state index is 0.0508. The Morgan fingerprint density at radius 2 is 2.19 bits per heavy atom. The Kier molecular flexibility index (Phi) is 5.50. The first kappa shape index (κ1) is 15.7. The molecule has 0 spiro atoms. The van der Waals surface area contributed by atoms with E-state index in [9.17, 15) is 9.90 Å². The fraction of sp³-hybridized carbons (Fsp3) is 0.667. The van der Waals surface area contributed by atoms with Crippen molar-refractivity contribution in [3.8, 4) is 0 Å². The molecule has 1 fully saturated rings. The number of aliphatic hydroxyl groups excluding tert-OH is 1. The fourth-order valence-corrected chi connectivity index (χ4v) is 2.54. The number of hydrogen-bond acceptors (Lipinski definition) is 5. The highest BCUT2D eigenvalue weighted by molar-refractivity contribution is 5.91. The predicted octanol–water partition coefficient (Wildman–Crippen LogP) is 1.87. The summed E-state index contributed by atoms with van der Waals surface area (Å²) in [4.78, 5) is 11.9. The Hall–Kier alpha value is -1.69. The molecule has 1 amide bonds. The van der Waals surface area contributed by atoms with Crippen molar-refractivity contribution >= 4 is 12.0 Å². The number of nitrogens with one attached hydrogen (secondary N) is 1. The molecule has 2 unspecified atom stereocenters. The van der Waals surface area contributed by atoms with Crippen LogP contribution < -0.4 is 5.32 Å². The van der Waals surface area contributed by atoms with Gasteiger partial charge in [-0.3, -0.25) is 4.79 Å². The highest BCUT2D eigenvalue weighted by atomic mass is 16.4. The second-order valence-corrected chi connectivity index (χ2v) is 5.81. The SMILES string of the molecule is CC(C)c1nnc(/C=C/C(=O)NC2CCCCC2CO)o1. The minimum atomic E-state index is -0.190. The van der Waals surface area contributed by atoms with Crippen molar-refractivity contribution in [2.24, 2.45) is 5.92 Å². The highest BCUT2D eigenvalue weighted by Gasteiger charge is 2.25. The van der Waals surface area contributed by atoms with E-state index < -0.39 is 0 Å². The topological polar surface area (TPSA) is 88.2 Å². The first-order valence-electron chi connectivity index (χ1n) is 7.53. The van der Waals surface area contributed by atoms with Crippen molar-refractivity contribution in [3.05, 3.63) is 17.9 Å². The van der Waals surface area contributed by atoms with Gasteiger partial charge < -0.3 is 14.8 Å². The number of rotatable bonds is 5. The summed E-state index contributed by atoms with van der Waals surface area (Å²) < 4.78 is 5.40. The molecule has 2 N–H and O–H groups in total. The normalized spacial score (nSPS) is 22.9. The third kappa shape index (κ3) is 4.39. The third-order valence-corrected chi connectivity index (χ3v) is 3.80. The van der Waals surface area contributed by atoms with Crippen molar-refractivity contribution in [3.63, 3.8) is 0 Å².